The second-order valence-corrected chi connectivity index (χ2v) is 7.97. The van der Waals surface area contributed by atoms with Gasteiger partial charge in [-0.25, -0.2) is 4.98 Å². The fourth-order valence-electron chi connectivity index (χ4n) is 4.24. The largest absolute Gasteiger partial charge is 0.490 e. The molecule has 2 heterocycles. The van der Waals surface area contributed by atoms with Crippen molar-refractivity contribution in [3.05, 3.63) is 52.6 Å². The Labute approximate surface area is 166 Å². The maximum absolute atomic E-state index is 12.4. The standard InChI is InChI=1S/C22H30N4O2/c1-25-14-12-23-21(22(25)27)26-13-6-8-18(16-26)24-15-17-7-2-5-11-20(17)28-19-9-3-4-10-19/h2,5,7,11-12,14,18-19,24H,3-4,6,8-10,13,15-16H2,1H3. The Morgan fingerprint density at radius 1 is 1.18 bits per heavy atom. The minimum Gasteiger partial charge on any atom is -0.490 e. The van der Waals surface area contributed by atoms with E-state index in [1.54, 1.807) is 24.0 Å². The number of hydrogen-bond donors (Lipinski definition) is 1. The number of piperidine rings is 1. The number of aromatic nitrogens is 2. The van der Waals surface area contributed by atoms with Crippen LogP contribution in [0, 0.1) is 0 Å². The molecule has 6 heteroatoms. The summed E-state index contributed by atoms with van der Waals surface area (Å²) in [6.45, 7) is 2.46. The molecule has 0 amide bonds. The van der Waals surface area contributed by atoms with E-state index >= 15 is 0 Å². The molecular formula is C22H30N4O2. The van der Waals surface area contributed by atoms with Crippen LogP contribution in [0.4, 0.5) is 5.82 Å². The molecule has 28 heavy (non-hydrogen) atoms. The summed E-state index contributed by atoms with van der Waals surface area (Å²) in [6, 6.07) is 8.68. The zero-order valence-corrected chi connectivity index (χ0v) is 16.6. The Hall–Kier alpha value is -2.34. The monoisotopic (exact) mass is 382 g/mol. The summed E-state index contributed by atoms with van der Waals surface area (Å²) >= 11 is 0. The molecule has 1 unspecified atom stereocenters. The van der Waals surface area contributed by atoms with Gasteiger partial charge in [0.25, 0.3) is 5.56 Å². The molecule has 6 nitrogen and oxygen atoms in total. The van der Waals surface area contributed by atoms with Crippen LogP contribution in [0.5, 0.6) is 5.75 Å². The van der Waals surface area contributed by atoms with Gasteiger partial charge in [0.05, 0.1) is 6.10 Å². The van der Waals surface area contributed by atoms with E-state index in [1.807, 2.05) is 6.07 Å². The first-order valence-corrected chi connectivity index (χ1v) is 10.5. The Kier molecular flexibility index (Phi) is 5.95. The van der Waals surface area contributed by atoms with Crippen molar-refractivity contribution in [1.29, 1.82) is 0 Å². The summed E-state index contributed by atoms with van der Waals surface area (Å²) in [5.74, 6) is 1.56. The van der Waals surface area contributed by atoms with Gasteiger partial charge in [-0.2, -0.15) is 0 Å². The fraction of sp³-hybridized carbons (Fsp3) is 0.545. The highest BCUT2D eigenvalue weighted by Gasteiger charge is 2.23. The average molecular weight is 383 g/mol. The molecule has 150 valence electrons. The Bertz CT molecular complexity index is 844. The molecule has 1 aromatic heterocycles. The van der Waals surface area contributed by atoms with Gasteiger partial charge in [-0.1, -0.05) is 18.2 Å². The van der Waals surface area contributed by atoms with E-state index in [9.17, 15) is 4.79 Å². The summed E-state index contributed by atoms with van der Waals surface area (Å²) in [4.78, 5) is 18.8. The van der Waals surface area contributed by atoms with Crippen molar-refractivity contribution in [2.45, 2.75) is 57.2 Å². The van der Waals surface area contributed by atoms with E-state index in [-0.39, 0.29) is 5.56 Å². The van der Waals surface area contributed by atoms with E-state index in [0.717, 1.165) is 38.2 Å². The van der Waals surface area contributed by atoms with E-state index in [0.29, 0.717) is 18.0 Å². The third kappa shape index (κ3) is 4.38. The predicted octanol–water partition coefficient (Wildman–Crippen LogP) is 2.86. The van der Waals surface area contributed by atoms with Crippen molar-refractivity contribution < 1.29 is 4.74 Å². The third-order valence-corrected chi connectivity index (χ3v) is 5.87. The van der Waals surface area contributed by atoms with Crippen LogP contribution in [0.15, 0.2) is 41.5 Å². The summed E-state index contributed by atoms with van der Waals surface area (Å²) in [7, 11) is 1.77. The molecule has 0 radical (unpaired) electrons. The number of nitrogens with zero attached hydrogens (tertiary/aromatic N) is 3. The average Bonchev–Trinajstić information content (AvgIpc) is 3.23. The molecule has 1 aliphatic carbocycles. The minimum atomic E-state index is -0.0292. The number of para-hydroxylation sites is 1. The van der Waals surface area contributed by atoms with Crippen molar-refractivity contribution in [2.75, 3.05) is 18.0 Å². The van der Waals surface area contributed by atoms with Crippen molar-refractivity contribution in [3.8, 4) is 5.75 Å². The van der Waals surface area contributed by atoms with Crippen molar-refractivity contribution in [3.63, 3.8) is 0 Å². The molecule has 1 aliphatic heterocycles. The van der Waals surface area contributed by atoms with Gasteiger partial charge in [0.15, 0.2) is 5.82 Å². The highest BCUT2D eigenvalue weighted by atomic mass is 16.5. The van der Waals surface area contributed by atoms with Gasteiger partial charge < -0.3 is 19.5 Å². The molecule has 1 saturated heterocycles. The maximum atomic E-state index is 12.4. The normalized spacial score (nSPS) is 20.5. The van der Waals surface area contributed by atoms with Gasteiger partial charge in [0, 0.05) is 50.7 Å². The van der Waals surface area contributed by atoms with E-state index < -0.39 is 0 Å². The van der Waals surface area contributed by atoms with E-state index in [2.05, 4.69) is 33.4 Å². The first-order chi connectivity index (χ1) is 13.7. The van der Waals surface area contributed by atoms with Crippen LogP contribution in [0.1, 0.15) is 44.1 Å². The molecule has 0 bridgehead atoms. The van der Waals surface area contributed by atoms with Gasteiger partial charge >= 0.3 is 0 Å². The fourth-order valence-corrected chi connectivity index (χ4v) is 4.24. The van der Waals surface area contributed by atoms with Crippen LogP contribution >= 0.6 is 0 Å². The van der Waals surface area contributed by atoms with Crippen LogP contribution in [0.3, 0.4) is 0 Å². The SMILES string of the molecule is Cn1ccnc(N2CCCC(NCc3ccccc3OC3CCCC3)C2)c1=O. The van der Waals surface area contributed by atoms with Crippen molar-refractivity contribution >= 4 is 5.82 Å². The lowest BCUT2D eigenvalue weighted by molar-refractivity contribution is 0.207. The molecule has 1 saturated carbocycles. The Morgan fingerprint density at radius 2 is 2.00 bits per heavy atom. The zero-order valence-electron chi connectivity index (χ0n) is 16.6. The quantitative estimate of drug-likeness (QED) is 0.833. The summed E-state index contributed by atoms with van der Waals surface area (Å²) in [5.41, 5.74) is 1.18. The van der Waals surface area contributed by atoms with Crippen LogP contribution in [-0.4, -0.2) is 34.8 Å². The zero-order chi connectivity index (χ0) is 19.3. The number of anilines is 1. The molecule has 2 aromatic rings. The summed E-state index contributed by atoms with van der Waals surface area (Å²) in [5, 5.41) is 3.68. The van der Waals surface area contributed by atoms with Gasteiger partial charge in [0.1, 0.15) is 5.75 Å². The Morgan fingerprint density at radius 3 is 2.86 bits per heavy atom. The first-order valence-electron chi connectivity index (χ1n) is 10.5. The third-order valence-electron chi connectivity index (χ3n) is 5.87. The number of rotatable bonds is 6. The highest BCUT2D eigenvalue weighted by Crippen LogP contribution is 2.27. The molecule has 2 fully saturated rings. The van der Waals surface area contributed by atoms with Gasteiger partial charge in [-0.15, -0.1) is 0 Å². The predicted molar refractivity (Wildman–Crippen MR) is 111 cm³/mol. The molecule has 4 rings (SSSR count). The van der Waals surface area contributed by atoms with Crippen molar-refractivity contribution in [2.24, 2.45) is 7.05 Å². The minimum absolute atomic E-state index is 0.0292. The van der Waals surface area contributed by atoms with E-state index in [4.69, 9.17) is 4.74 Å². The van der Waals surface area contributed by atoms with Crippen LogP contribution in [0.25, 0.3) is 0 Å². The number of benzene rings is 1. The van der Waals surface area contributed by atoms with Crippen LogP contribution in [-0.2, 0) is 13.6 Å². The molecular weight excluding hydrogens is 352 g/mol. The first kappa shape index (κ1) is 19.0. The molecule has 2 aliphatic rings. The topological polar surface area (TPSA) is 59.4 Å². The summed E-state index contributed by atoms with van der Waals surface area (Å²) < 4.78 is 7.85. The lowest BCUT2D eigenvalue weighted by Gasteiger charge is -2.33. The van der Waals surface area contributed by atoms with Gasteiger partial charge in [-0.05, 0) is 44.6 Å². The lowest BCUT2D eigenvalue weighted by Crippen LogP contribution is -2.47. The lowest BCUT2D eigenvalue weighted by atomic mass is 10.0. The second-order valence-electron chi connectivity index (χ2n) is 7.97. The molecule has 1 aromatic carbocycles. The number of aryl methyl sites for hydroxylation is 1. The van der Waals surface area contributed by atoms with Gasteiger partial charge in [0.2, 0.25) is 0 Å². The highest BCUT2D eigenvalue weighted by molar-refractivity contribution is 5.37. The van der Waals surface area contributed by atoms with Crippen LogP contribution < -0.4 is 20.5 Å². The molecule has 1 N–H and O–H groups in total. The smallest absolute Gasteiger partial charge is 0.293 e. The second kappa shape index (κ2) is 8.78. The van der Waals surface area contributed by atoms with Gasteiger partial charge in [-0.3, -0.25) is 4.79 Å². The maximum Gasteiger partial charge on any atom is 0.293 e. The van der Waals surface area contributed by atoms with Crippen LogP contribution in [0.2, 0.25) is 0 Å². The molecule has 1 atom stereocenters. The number of hydrogen-bond acceptors (Lipinski definition) is 5. The number of nitrogens with one attached hydrogen (secondary N) is 1. The number of ether oxygens (including phenoxy) is 1. The summed E-state index contributed by atoms with van der Waals surface area (Å²) in [6.07, 6.45) is 10.8. The van der Waals surface area contributed by atoms with E-state index in [1.165, 1.54) is 31.2 Å². The molecule has 0 spiro atoms. The Balaban J connectivity index is 1.38. The van der Waals surface area contributed by atoms with Crippen molar-refractivity contribution in [1.82, 2.24) is 14.9 Å².